The molecular formula is C28H39N5O4. The van der Waals surface area contributed by atoms with Crippen LogP contribution in [0, 0.1) is 11.8 Å². The van der Waals surface area contributed by atoms with Crippen molar-refractivity contribution >= 4 is 34.5 Å². The van der Waals surface area contributed by atoms with Crippen LogP contribution in [0.15, 0.2) is 18.2 Å². The Balaban J connectivity index is 1.19. The molecule has 37 heavy (non-hydrogen) atoms. The fourth-order valence-corrected chi connectivity index (χ4v) is 6.30. The Bertz CT molecular complexity index is 1140. The van der Waals surface area contributed by atoms with E-state index in [0.29, 0.717) is 25.4 Å². The summed E-state index contributed by atoms with van der Waals surface area (Å²) < 4.78 is 7.13. The number of aryl methyl sites for hydroxylation is 1. The van der Waals surface area contributed by atoms with Crippen molar-refractivity contribution in [3.63, 3.8) is 0 Å². The van der Waals surface area contributed by atoms with Crippen molar-refractivity contribution in [1.82, 2.24) is 20.0 Å². The minimum absolute atomic E-state index is 0.167. The number of rotatable bonds is 6. The van der Waals surface area contributed by atoms with Crippen molar-refractivity contribution in [2.45, 2.75) is 71.3 Å². The summed E-state index contributed by atoms with van der Waals surface area (Å²) >= 11 is 0. The molecule has 0 aliphatic carbocycles. The second-order valence-electron chi connectivity index (χ2n) is 10.7. The lowest BCUT2D eigenvalue weighted by molar-refractivity contribution is -0.134. The van der Waals surface area contributed by atoms with Gasteiger partial charge in [-0.3, -0.25) is 19.6 Å². The third-order valence-electron chi connectivity index (χ3n) is 8.42. The maximum Gasteiger partial charge on any atom is 0.409 e. The molecule has 200 valence electrons. The third-order valence-corrected chi connectivity index (χ3v) is 8.42. The second kappa shape index (κ2) is 11.1. The van der Waals surface area contributed by atoms with Gasteiger partial charge in [-0.15, -0.1) is 0 Å². The van der Waals surface area contributed by atoms with Gasteiger partial charge < -0.3 is 14.5 Å². The quantitative estimate of drug-likeness (QED) is 0.590. The van der Waals surface area contributed by atoms with E-state index in [1.807, 2.05) is 16.5 Å². The molecule has 9 nitrogen and oxygen atoms in total. The van der Waals surface area contributed by atoms with Crippen LogP contribution < -0.4 is 10.2 Å². The van der Waals surface area contributed by atoms with E-state index in [9.17, 15) is 14.4 Å². The highest BCUT2D eigenvalue weighted by Crippen LogP contribution is 2.35. The molecule has 4 heterocycles. The van der Waals surface area contributed by atoms with Gasteiger partial charge in [-0.2, -0.15) is 5.10 Å². The summed E-state index contributed by atoms with van der Waals surface area (Å²) in [5.74, 6) is 0.617. The molecule has 0 spiro atoms. The van der Waals surface area contributed by atoms with E-state index in [2.05, 4.69) is 35.3 Å². The molecule has 2 aromatic rings. The van der Waals surface area contributed by atoms with Gasteiger partial charge in [-0.05, 0) is 82.4 Å². The highest BCUT2D eigenvalue weighted by molar-refractivity contribution is 6.02. The van der Waals surface area contributed by atoms with Gasteiger partial charge in [-0.25, -0.2) is 4.79 Å². The Labute approximate surface area is 218 Å². The van der Waals surface area contributed by atoms with E-state index in [1.54, 1.807) is 0 Å². The number of carbonyl (C=O) groups is 3. The van der Waals surface area contributed by atoms with Crippen LogP contribution in [0.3, 0.4) is 0 Å². The van der Waals surface area contributed by atoms with E-state index >= 15 is 0 Å². The molecular weight excluding hydrogens is 470 g/mol. The van der Waals surface area contributed by atoms with Gasteiger partial charge in [0.25, 0.3) is 0 Å². The molecule has 3 aliphatic heterocycles. The second-order valence-corrected chi connectivity index (χ2v) is 10.7. The average Bonchev–Trinajstić information content (AvgIpc) is 3.27. The lowest BCUT2D eigenvalue weighted by Crippen LogP contribution is -2.40. The Morgan fingerprint density at radius 3 is 2.38 bits per heavy atom. The van der Waals surface area contributed by atoms with E-state index in [-0.39, 0.29) is 23.8 Å². The number of benzene rings is 1. The highest BCUT2D eigenvalue weighted by Gasteiger charge is 2.32. The van der Waals surface area contributed by atoms with Gasteiger partial charge in [0.05, 0.1) is 23.7 Å². The Morgan fingerprint density at radius 2 is 1.73 bits per heavy atom. The Kier molecular flexibility index (Phi) is 7.67. The van der Waals surface area contributed by atoms with Crippen molar-refractivity contribution in [3.05, 3.63) is 23.9 Å². The maximum absolute atomic E-state index is 12.5. The summed E-state index contributed by atoms with van der Waals surface area (Å²) in [5, 5.41) is 8.26. The number of ether oxygens (including phenoxy) is 1. The molecule has 1 N–H and O–H groups in total. The molecule has 3 aliphatic rings. The molecule has 0 bridgehead atoms. The van der Waals surface area contributed by atoms with Crippen LogP contribution in [0.4, 0.5) is 10.5 Å². The van der Waals surface area contributed by atoms with E-state index < -0.39 is 0 Å². The molecule has 9 heteroatoms. The molecule has 3 fully saturated rings. The average molecular weight is 510 g/mol. The summed E-state index contributed by atoms with van der Waals surface area (Å²) in [4.78, 5) is 40.4. The zero-order valence-electron chi connectivity index (χ0n) is 22.1. The first-order valence-corrected chi connectivity index (χ1v) is 14.0. The zero-order chi connectivity index (χ0) is 25.9. The highest BCUT2D eigenvalue weighted by atomic mass is 16.6. The van der Waals surface area contributed by atoms with Gasteiger partial charge >= 0.3 is 6.09 Å². The first kappa shape index (κ1) is 25.5. The Morgan fingerprint density at radius 1 is 1.03 bits per heavy atom. The Hall–Kier alpha value is -3.10. The van der Waals surface area contributed by atoms with Gasteiger partial charge in [0, 0.05) is 50.2 Å². The maximum atomic E-state index is 12.5. The number of nitrogens with zero attached hydrogens (tertiary/aromatic N) is 4. The van der Waals surface area contributed by atoms with Crippen LogP contribution in [0.25, 0.3) is 10.9 Å². The molecule has 1 aromatic carbocycles. The molecule has 0 radical (unpaired) electrons. The number of nitrogens with one attached hydrogen (secondary N) is 1. The number of hydrogen-bond acceptors (Lipinski definition) is 6. The standard InChI is InChI=1S/C28H39N5O4/c1-3-33-24-18-21(5-6-22(24)26(30-33)23-7-8-25(34)29-27(23)35)31-13-9-19(10-14-31)17-20-11-15-32(16-12-20)28(36)37-4-2/h5-6,18-20,23H,3-4,7-17H2,1-2H3,(H,29,34,35). The number of hydrogen-bond donors (Lipinski definition) is 1. The number of aromatic nitrogens is 2. The van der Waals surface area contributed by atoms with Crippen LogP contribution in [0.2, 0.25) is 0 Å². The largest absolute Gasteiger partial charge is 0.450 e. The normalized spacial score (nSPS) is 21.9. The van der Waals surface area contributed by atoms with E-state index in [0.717, 1.165) is 68.1 Å². The van der Waals surface area contributed by atoms with Crippen molar-refractivity contribution in [2.24, 2.45) is 11.8 Å². The molecule has 1 atom stereocenters. The monoisotopic (exact) mass is 509 g/mol. The van der Waals surface area contributed by atoms with Gasteiger partial charge in [0.1, 0.15) is 0 Å². The summed E-state index contributed by atoms with van der Waals surface area (Å²) in [5.41, 5.74) is 3.04. The number of imide groups is 1. The van der Waals surface area contributed by atoms with Gasteiger partial charge in [0.15, 0.2) is 0 Å². The van der Waals surface area contributed by atoms with Crippen LogP contribution in [-0.2, 0) is 20.9 Å². The molecule has 1 unspecified atom stereocenters. The molecule has 3 saturated heterocycles. The zero-order valence-corrected chi connectivity index (χ0v) is 22.1. The third kappa shape index (κ3) is 5.45. The predicted octanol–water partition coefficient (Wildman–Crippen LogP) is 4.05. The topological polar surface area (TPSA) is 96.8 Å². The smallest absolute Gasteiger partial charge is 0.409 e. The van der Waals surface area contributed by atoms with Crippen molar-refractivity contribution < 1.29 is 19.1 Å². The first-order valence-electron chi connectivity index (χ1n) is 14.0. The van der Waals surface area contributed by atoms with Gasteiger partial charge in [0.2, 0.25) is 11.8 Å². The SMILES string of the molecule is CCOC(=O)N1CCC(CC2CCN(c3ccc4c(C5CCC(=O)NC5=O)nn(CC)c4c3)CC2)CC1. The number of piperidine rings is 3. The fraction of sp³-hybridized carbons (Fsp3) is 0.643. The number of anilines is 1. The molecule has 5 rings (SSSR count). The van der Waals surface area contributed by atoms with Crippen molar-refractivity contribution in [1.29, 1.82) is 0 Å². The van der Waals surface area contributed by atoms with Crippen molar-refractivity contribution in [3.8, 4) is 0 Å². The summed E-state index contributed by atoms with van der Waals surface area (Å²) in [6.07, 6.45) is 6.47. The first-order chi connectivity index (χ1) is 18.0. The van der Waals surface area contributed by atoms with Crippen LogP contribution in [0.1, 0.15) is 70.4 Å². The van der Waals surface area contributed by atoms with Crippen LogP contribution >= 0.6 is 0 Å². The number of fused-ring (bicyclic) bond motifs is 1. The molecule has 3 amide bonds. The predicted molar refractivity (Wildman–Crippen MR) is 141 cm³/mol. The van der Waals surface area contributed by atoms with E-state index in [4.69, 9.17) is 9.84 Å². The lowest BCUT2D eigenvalue weighted by Gasteiger charge is -2.37. The fourth-order valence-electron chi connectivity index (χ4n) is 6.30. The minimum atomic E-state index is -0.376. The lowest BCUT2D eigenvalue weighted by atomic mass is 9.83. The summed E-state index contributed by atoms with van der Waals surface area (Å²) in [7, 11) is 0. The number of carbonyl (C=O) groups excluding carboxylic acids is 3. The van der Waals surface area contributed by atoms with Gasteiger partial charge in [-0.1, -0.05) is 0 Å². The van der Waals surface area contributed by atoms with E-state index in [1.165, 1.54) is 24.9 Å². The molecule has 1 aromatic heterocycles. The number of amides is 3. The van der Waals surface area contributed by atoms with Crippen LogP contribution in [0.5, 0.6) is 0 Å². The minimum Gasteiger partial charge on any atom is -0.450 e. The summed E-state index contributed by atoms with van der Waals surface area (Å²) in [6.45, 7) is 8.79. The molecule has 0 saturated carbocycles. The number of likely N-dealkylation sites (tertiary alicyclic amines) is 1. The van der Waals surface area contributed by atoms with Crippen molar-refractivity contribution in [2.75, 3.05) is 37.7 Å². The summed E-state index contributed by atoms with van der Waals surface area (Å²) in [6, 6.07) is 6.48. The van der Waals surface area contributed by atoms with Crippen LogP contribution in [-0.4, -0.2) is 65.4 Å².